The van der Waals surface area contributed by atoms with Gasteiger partial charge in [-0.25, -0.2) is 4.98 Å². The summed E-state index contributed by atoms with van der Waals surface area (Å²) in [5.74, 6) is 3.80. The first-order valence-electron chi connectivity index (χ1n) is 11.4. The second-order valence-electron chi connectivity index (χ2n) is 8.25. The summed E-state index contributed by atoms with van der Waals surface area (Å²) in [6, 6.07) is 12.0. The van der Waals surface area contributed by atoms with E-state index >= 15 is 0 Å². The van der Waals surface area contributed by atoms with E-state index in [1.54, 1.807) is 33.1 Å². The highest BCUT2D eigenvalue weighted by Gasteiger charge is 2.26. The Kier molecular flexibility index (Phi) is 6.62. The molecule has 178 valence electrons. The third kappa shape index (κ3) is 4.32. The van der Waals surface area contributed by atoms with Gasteiger partial charge >= 0.3 is 0 Å². The molecule has 0 saturated heterocycles. The van der Waals surface area contributed by atoms with Gasteiger partial charge in [0.25, 0.3) is 0 Å². The number of aromatic nitrogens is 4. The van der Waals surface area contributed by atoms with Gasteiger partial charge in [0.2, 0.25) is 11.6 Å². The molecule has 34 heavy (non-hydrogen) atoms. The van der Waals surface area contributed by atoms with Gasteiger partial charge in [0.15, 0.2) is 28.1 Å². The Balaban J connectivity index is 1.52. The van der Waals surface area contributed by atoms with Crippen molar-refractivity contribution < 1.29 is 18.6 Å². The van der Waals surface area contributed by atoms with Crippen molar-refractivity contribution in [1.82, 2.24) is 19.7 Å². The zero-order chi connectivity index (χ0) is 23.5. The Labute approximate surface area is 202 Å². The van der Waals surface area contributed by atoms with Crippen molar-refractivity contribution in [2.24, 2.45) is 0 Å². The monoisotopic (exact) mass is 480 g/mol. The molecule has 1 aliphatic carbocycles. The van der Waals surface area contributed by atoms with Gasteiger partial charge in [-0.2, -0.15) is 0 Å². The normalized spacial score (nSPS) is 14.4. The fourth-order valence-electron chi connectivity index (χ4n) is 4.56. The van der Waals surface area contributed by atoms with E-state index in [1.165, 1.54) is 19.3 Å². The Morgan fingerprint density at radius 1 is 0.971 bits per heavy atom. The minimum Gasteiger partial charge on any atom is -0.493 e. The number of fused-ring (bicyclic) bond motifs is 1. The lowest BCUT2D eigenvalue weighted by Crippen LogP contribution is -2.15. The molecule has 2 aromatic carbocycles. The van der Waals surface area contributed by atoms with Crippen LogP contribution in [0.1, 0.15) is 44.0 Å². The number of hydrogen-bond acceptors (Lipinski definition) is 8. The molecule has 0 atom stereocenters. The van der Waals surface area contributed by atoms with E-state index in [0.29, 0.717) is 34.9 Å². The molecule has 0 radical (unpaired) electrons. The molecular weight excluding hydrogens is 452 g/mol. The van der Waals surface area contributed by atoms with Crippen LogP contribution in [0.4, 0.5) is 0 Å². The Morgan fingerprint density at radius 3 is 2.38 bits per heavy atom. The van der Waals surface area contributed by atoms with Crippen LogP contribution >= 0.6 is 11.8 Å². The molecule has 5 rings (SSSR count). The van der Waals surface area contributed by atoms with Crippen molar-refractivity contribution in [3.8, 4) is 28.6 Å². The van der Waals surface area contributed by atoms with Crippen LogP contribution in [0.15, 0.2) is 46.0 Å². The summed E-state index contributed by atoms with van der Waals surface area (Å²) < 4.78 is 24.8. The molecule has 0 N–H and O–H groups in total. The Bertz CT molecular complexity index is 1220. The fraction of sp³-hybridized carbons (Fsp3) is 0.400. The quantitative estimate of drug-likeness (QED) is 0.288. The van der Waals surface area contributed by atoms with E-state index < -0.39 is 0 Å². The molecule has 9 heteroatoms. The highest BCUT2D eigenvalue weighted by Crippen LogP contribution is 2.43. The van der Waals surface area contributed by atoms with E-state index in [9.17, 15) is 0 Å². The smallest absolute Gasteiger partial charge is 0.205 e. The van der Waals surface area contributed by atoms with Gasteiger partial charge in [-0.05, 0) is 37.1 Å². The largest absolute Gasteiger partial charge is 0.493 e. The summed E-state index contributed by atoms with van der Waals surface area (Å²) in [7, 11) is 4.84. The van der Waals surface area contributed by atoms with Crippen LogP contribution in [0.3, 0.4) is 0 Å². The molecule has 8 nitrogen and oxygen atoms in total. The standard InChI is InChI=1S/C25H28N4O4S/c1-30-20-13-16(14-21(31-2)23(20)32-3)24-27-28-25(29(24)17-9-5-4-6-10-17)34-15-22-26-18-11-7-8-12-19(18)33-22/h7-8,11-14,17H,4-6,9-10,15H2,1-3H3. The second-order valence-corrected chi connectivity index (χ2v) is 9.19. The Morgan fingerprint density at radius 2 is 1.71 bits per heavy atom. The summed E-state index contributed by atoms with van der Waals surface area (Å²) in [4.78, 5) is 4.61. The molecule has 2 aromatic heterocycles. The van der Waals surface area contributed by atoms with Crippen molar-refractivity contribution in [1.29, 1.82) is 0 Å². The number of nitrogens with zero attached hydrogens (tertiary/aromatic N) is 4. The first kappa shape index (κ1) is 22.6. The van der Waals surface area contributed by atoms with Crippen molar-refractivity contribution in [2.75, 3.05) is 21.3 Å². The van der Waals surface area contributed by atoms with Crippen LogP contribution < -0.4 is 14.2 Å². The number of para-hydroxylation sites is 2. The first-order chi connectivity index (χ1) is 16.7. The number of benzene rings is 2. The maximum absolute atomic E-state index is 5.92. The molecule has 0 aliphatic heterocycles. The molecule has 1 saturated carbocycles. The van der Waals surface area contributed by atoms with Gasteiger partial charge in [0, 0.05) is 11.6 Å². The summed E-state index contributed by atoms with van der Waals surface area (Å²) in [6.45, 7) is 0. The maximum Gasteiger partial charge on any atom is 0.205 e. The average Bonchev–Trinajstić information content (AvgIpc) is 3.50. The molecule has 0 amide bonds. The highest BCUT2D eigenvalue weighted by atomic mass is 32.2. The molecule has 0 spiro atoms. The van der Waals surface area contributed by atoms with E-state index in [-0.39, 0.29) is 0 Å². The molecule has 2 heterocycles. The predicted molar refractivity (Wildman–Crippen MR) is 131 cm³/mol. The first-order valence-corrected chi connectivity index (χ1v) is 12.4. The summed E-state index contributed by atoms with van der Waals surface area (Å²) >= 11 is 1.60. The Hall–Kier alpha value is -3.20. The van der Waals surface area contributed by atoms with Crippen LogP contribution in [0.25, 0.3) is 22.5 Å². The lowest BCUT2D eigenvalue weighted by atomic mass is 9.95. The van der Waals surface area contributed by atoms with E-state index in [2.05, 4.69) is 19.7 Å². The molecule has 1 aliphatic rings. The van der Waals surface area contributed by atoms with Crippen molar-refractivity contribution in [3.05, 3.63) is 42.3 Å². The molecular formula is C25H28N4O4S. The fourth-order valence-corrected chi connectivity index (χ4v) is 5.41. The average molecular weight is 481 g/mol. The van der Waals surface area contributed by atoms with Gasteiger partial charge < -0.3 is 18.6 Å². The highest BCUT2D eigenvalue weighted by molar-refractivity contribution is 7.98. The third-order valence-electron chi connectivity index (χ3n) is 6.19. The predicted octanol–water partition coefficient (Wildman–Crippen LogP) is 5.91. The number of hydrogen-bond donors (Lipinski definition) is 0. The summed E-state index contributed by atoms with van der Waals surface area (Å²) in [5.41, 5.74) is 2.54. The minimum absolute atomic E-state index is 0.337. The van der Waals surface area contributed by atoms with Crippen molar-refractivity contribution in [2.45, 2.75) is 49.1 Å². The zero-order valence-electron chi connectivity index (χ0n) is 19.6. The van der Waals surface area contributed by atoms with Gasteiger partial charge in [0.1, 0.15) is 5.52 Å². The summed E-state index contributed by atoms with van der Waals surface area (Å²) in [5, 5.41) is 10.1. The number of thioether (sulfide) groups is 1. The molecule has 4 aromatic rings. The molecule has 1 fully saturated rings. The van der Waals surface area contributed by atoms with Crippen LogP contribution in [0.5, 0.6) is 17.2 Å². The SMILES string of the molecule is COc1cc(-c2nnc(SCc3nc4ccccc4o3)n2C2CCCCC2)cc(OC)c1OC. The number of rotatable bonds is 8. The number of methoxy groups -OCH3 is 3. The van der Waals surface area contributed by atoms with Gasteiger partial charge in [0.05, 0.1) is 27.1 Å². The van der Waals surface area contributed by atoms with Crippen LogP contribution in [0.2, 0.25) is 0 Å². The van der Waals surface area contributed by atoms with Gasteiger partial charge in [-0.3, -0.25) is 4.57 Å². The molecule has 0 unspecified atom stereocenters. The second kappa shape index (κ2) is 9.97. The lowest BCUT2D eigenvalue weighted by Gasteiger charge is -2.26. The van der Waals surface area contributed by atoms with Crippen LogP contribution in [0, 0.1) is 0 Å². The minimum atomic E-state index is 0.337. The maximum atomic E-state index is 5.92. The topological polar surface area (TPSA) is 84.4 Å². The number of oxazole rings is 1. The lowest BCUT2D eigenvalue weighted by molar-refractivity contribution is 0.324. The van der Waals surface area contributed by atoms with E-state index in [1.807, 2.05) is 36.4 Å². The van der Waals surface area contributed by atoms with E-state index in [0.717, 1.165) is 40.5 Å². The van der Waals surface area contributed by atoms with Crippen LogP contribution in [-0.4, -0.2) is 41.1 Å². The van der Waals surface area contributed by atoms with Crippen molar-refractivity contribution >= 4 is 22.9 Å². The summed E-state index contributed by atoms with van der Waals surface area (Å²) in [6.07, 6.45) is 5.88. The zero-order valence-corrected chi connectivity index (χ0v) is 20.4. The molecule has 0 bridgehead atoms. The van der Waals surface area contributed by atoms with Gasteiger partial charge in [-0.1, -0.05) is 43.2 Å². The van der Waals surface area contributed by atoms with Crippen molar-refractivity contribution in [3.63, 3.8) is 0 Å². The van der Waals surface area contributed by atoms with E-state index in [4.69, 9.17) is 18.6 Å². The third-order valence-corrected chi connectivity index (χ3v) is 7.12. The van der Waals surface area contributed by atoms with Crippen LogP contribution in [-0.2, 0) is 5.75 Å². The van der Waals surface area contributed by atoms with Gasteiger partial charge in [-0.15, -0.1) is 10.2 Å². The number of ether oxygens (including phenoxy) is 3.